The molecule has 0 aromatic carbocycles. The molecule has 0 spiro atoms. The molecule has 2 unspecified atom stereocenters. The molecule has 3 nitrogen and oxygen atoms in total. The van der Waals surface area contributed by atoms with Crippen molar-refractivity contribution in [1.29, 1.82) is 0 Å². The van der Waals surface area contributed by atoms with Gasteiger partial charge in [-0.25, -0.2) is 9.79 Å². The zero-order chi connectivity index (χ0) is 8.97. The summed E-state index contributed by atoms with van der Waals surface area (Å²) in [5, 5.41) is 0. The van der Waals surface area contributed by atoms with E-state index in [-0.39, 0.29) is 6.04 Å². The number of rotatable bonds is 3. The van der Waals surface area contributed by atoms with Gasteiger partial charge in [-0.05, 0) is 19.3 Å². The van der Waals surface area contributed by atoms with Gasteiger partial charge >= 0.3 is 6.61 Å². The molecule has 68 valence electrons. The van der Waals surface area contributed by atoms with E-state index in [2.05, 4.69) is 9.73 Å². The number of carbonyl (C=O) groups excluding carboxylic acids is 1. The third-order valence-electron chi connectivity index (χ3n) is 1.89. The maximum absolute atomic E-state index is 11.7. The van der Waals surface area contributed by atoms with E-state index in [9.17, 15) is 13.6 Å². The molecule has 12 heavy (non-hydrogen) atoms. The van der Waals surface area contributed by atoms with Crippen LogP contribution in [-0.2, 0) is 9.53 Å². The molecule has 0 bridgehead atoms. The van der Waals surface area contributed by atoms with Crippen LogP contribution in [0.25, 0.3) is 0 Å². The quantitative estimate of drug-likeness (QED) is 0.483. The van der Waals surface area contributed by atoms with Gasteiger partial charge in [0, 0.05) is 0 Å². The lowest BCUT2D eigenvalue weighted by atomic mass is 10.3. The Morgan fingerprint density at radius 2 is 2.25 bits per heavy atom. The number of aliphatic imine (C=N–C) groups is 1. The fraction of sp³-hybridized carbons (Fsp3) is 0.857. The number of nitrogens with zero attached hydrogens (tertiary/aromatic N) is 1. The lowest BCUT2D eigenvalue weighted by molar-refractivity contribution is -0.160. The van der Waals surface area contributed by atoms with Crippen LogP contribution in [0.1, 0.15) is 19.3 Å². The van der Waals surface area contributed by atoms with E-state index in [0.29, 0.717) is 19.3 Å². The summed E-state index contributed by atoms with van der Waals surface area (Å²) in [5.74, 6) is 0. The van der Waals surface area contributed by atoms with Gasteiger partial charge in [0.1, 0.15) is 0 Å². The fourth-order valence-electron chi connectivity index (χ4n) is 1.38. The summed E-state index contributed by atoms with van der Waals surface area (Å²) >= 11 is 0. The van der Waals surface area contributed by atoms with Crippen LogP contribution in [0.15, 0.2) is 4.99 Å². The highest BCUT2D eigenvalue weighted by Crippen LogP contribution is 2.25. The van der Waals surface area contributed by atoms with Crippen LogP contribution in [0, 0.1) is 0 Å². The fourth-order valence-corrected chi connectivity index (χ4v) is 1.38. The standard InChI is InChI=1S/C7H9F2NO2/c8-7(9)12-6-2-1-5(3-6)10-4-11/h5-7H,1-3H2. The van der Waals surface area contributed by atoms with Gasteiger partial charge in [0.05, 0.1) is 12.1 Å². The van der Waals surface area contributed by atoms with E-state index in [0.717, 1.165) is 0 Å². The number of hydrogen-bond donors (Lipinski definition) is 0. The number of isocyanates is 1. The second-order valence-electron chi connectivity index (χ2n) is 2.71. The molecule has 2 atom stereocenters. The number of alkyl halides is 2. The lowest BCUT2D eigenvalue weighted by Gasteiger charge is -2.08. The van der Waals surface area contributed by atoms with Gasteiger partial charge in [-0.15, -0.1) is 0 Å². The average Bonchev–Trinajstić information content (AvgIpc) is 2.36. The Morgan fingerprint density at radius 3 is 2.83 bits per heavy atom. The summed E-state index contributed by atoms with van der Waals surface area (Å²) in [5.41, 5.74) is 0. The third-order valence-corrected chi connectivity index (χ3v) is 1.89. The molecule has 5 heteroatoms. The van der Waals surface area contributed by atoms with Crippen molar-refractivity contribution in [3.8, 4) is 0 Å². The van der Waals surface area contributed by atoms with Crippen molar-refractivity contribution in [2.24, 2.45) is 4.99 Å². The molecule has 1 aliphatic rings. The Balaban J connectivity index is 2.30. The molecular weight excluding hydrogens is 168 g/mol. The molecule has 0 heterocycles. The summed E-state index contributed by atoms with van der Waals surface area (Å²) in [6, 6.07) is -0.175. The predicted octanol–water partition coefficient (Wildman–Crippen LogP) is 1.48. The highest BCUT2D eigenvalue weighted by Gasteiger charge is 2.27. The SMILES string of the molecule is O=C=NC1CCC(OC(F)F)C1. The summed E-state index contributed by atoms with van der Waals surface area (Å²) in [6.07, 6.45) is 2.54. The Kier molecular flexibility index (Phi) is 3.31. The summed E-state index contributed by atoms with van der Waals surface area (Å²) in [4.78, 5) is 13.3. The maximum Gasteiger partial charge on any atom is 0.345 e. The first-order chi connectivity index (χ1) is 5.72. The molecule has 0 aromatic rings. The zero-order valence-electron chi connectivity index (χ0n) is 6.37. The topological polar surface area (TPSA) is 38.7 Å². The highest BCUT2D eigenvalue weighted by atomic mass is 19.3. The number of halogens is 2. The minimum absolute atomic E-state index is 0.175. The van der Waals surface area contributed by atoms with Crippen LogP contribution in [0.4, 0.5) is 8.78 Å². The molecule has 0 aliphatic heterocycles. The van der Waals surface area contributed by atoms with E-state index in [4.69, 9.17) is 0 Å². The van der Waals surface area contributed by atoms with Crippen LogP contribution >= 0.6 is 0 Å². The van der Waals surface area contributed by atoms with E-state index >= 15 is 0 Å². The van der Waals surface area contributed by atoms with Crippen molar-refractivity contribution >= 4 is 6.08 Å². The first-order valence-electron chi connectivity index (χ1n) is 3.73. The molecule has 1 saturated carbocycles. The predicted molar refractivity (Wildman–Crippen MR) is 36.6 cm³/mol. The lowest BCUT2D eigenvalue weighted by Crippen LogP contribution is -2.13. The van der Waals surface area contributed by atoms with Crippen molar-refractivity contribution in [2.45, 2.75) is 38.0 Å². The van der Waals surface area contributed by atoms with E-state index < -0.39 is 12.7 Å². The van der Waals surface area contributed by atoms with Crippen LogP contribution in [-0.4, -0.2) is 24.8 Å². The molecule has 0 saturated heterocycles. The second-order valence-corrected chi connectivity index (χ2v) is 2.71. The molecule has 0 amide bonds. The van der Waals surface area contributed by atoms with Crippen molar-refractivity contribution in [2.75, 3.05) is 0 Å². The smallest absolute Gasteiger partial charge is 0.320 e. The van der Waals surface area contributed by atoms with Crippen LogP contribution in [0.5, 0.6) is 0 Å². The van der Waals surface area contributed by atoms with E-state index in [1.54, 1.807) is 0 Å². The summed E-state index contributed by atoms with van der Waals surface area (Å²) < 4.78 is 27.6. The third kappa shape index (κ3) is 2.68. The minimum atomic E-state index is -2.73. The van der Waals surface area contributed by atoms with Crippen molar-refractivity contribution in [3.05, 3.63) is 0 Å². The number of ether oxygens (including phenoxy) is 1. The Hall–Kier alpha value is -0.800. The molecular formula is C7H9F2NO2. The molecule has 1 aliphatic carbocycles. The first kappa shape index (κ1) is 9.29. The summed E-state index contributed by atoms with van der Waals surface area (Å²) in [7, 11) is 0. The van der Waals surface area contributed by atoms with Gasteiger partial charge in [0.15, 0.2) is 0 Å². The molecule has 0 N–H and O–H groups in total. The van der Waals surface area contributed by atoms with Gasteiger partial charge in [-0.3, -0.25) is 0 Å². The van der Waals surface area contributed by atoms with Crippen molar-refractivity contribution in [3.63, 3.8) is 0 Å². The van der Waals surface area contributed by atoms with Crippen LogP contribution in [0.3, 0.4) is 0 Å². The summed E-state index contributed by atoms with van der Waals surface area (Å²) in [6.45, 7) is -2.73. The van der Waals surface area contributed by atoms with Gasteiger partial charge in [-0.1, -0.05) is 0 Å². The van der Waals surface area contributed by atoms with Gasteiger partial charge in [0.2, 0.25) is 6.08 Å². The highest BCUT2D eigenvalue weighted by molar-refractivity contribution is 5.33. The largest absolute Gasteiger partial charge is 0.345 e. The second kappa shape index (κ2) is 4.28. The minimum Gasteiger partial charge on any atom is -0.320 e. The normalized spacial score (nSPS) is 28.9. The molecule has 0 radical (unpaired) electrons. The van der Waals surface area contributed by atoms with Crippen molar-refractivity contribution < 1.29 is 18.3 Å². The van der Waals surface area contributed by atoms with E-state index in [1.165, 1.54) is 6.08 Å². The zero-order valence-corrected chi connectivity index (χ0v) is 6.37. The average molecular weight is 177 g/mol. The van der Waals surface area contributed by atoms with Gasteiger partial charge < -0.3 is 4.74 Å². The van der Waals surface area contributed by atoms with Gasteiger partial charge in [0.25, 0.3) is 0 Å². The molecule has 1 fully saturated rings. The van der Waals surface area contributed by atoms with Crippen LogP contribution < -0.4 is 0 Å². The Morgan fingerprint density at radius 1 is 1.50 bits per heavy atom. The molecule has 1 rings (SSSR count). The van der Waals surface area contributed by atoms with Crippen molar-refractivity contribution in [1.82, 2.24) is 0 Å². The first-order valence-corrected chi connectivity index (χ1v) is 3.73. The van der Waals surface area contributed by atoms with Crippen LogP contribution in [0.2, 0.25) is 0 Å². The van der Waals surface area contributed by atoms with Gasteiger partial charge in [-0.2, -0.15) is 8.78 Å². The Labute approximate surface area is 68.4 Å². The van der Waals surface area contributed by atoms with E-state index in [1.807, 2.05) is 0 Å². The maximum atomic E-state index is 11.7. The monoisotopic (exact) mass is 177 g/mol. The number of hydrogen-bond acceptors (Lipinski definition) is 3. The Bertz CT molecular complexity index is 192. The molecule has 0 aromatic heterocycles.